The number of hydrogen-bond donors (Lipinski definition) is 2. The Morgan fingerprint density at radius 3 is 3.05 bits per heavy atom. The van der Waals surface area contributed by atoms with E-state index in [0.29, 0.717) is 6.54 Å². The minimum Gasteiger partial charge on any atom is -0.384 e. The molecule has 22 heavy (non-hydrogen) atoms. The summed E-state index contributed by atoms with van der Waals surface area (Å²) in [5.41, 5.74) is 2.72. The summed E-state index contributed by atoms with van der Waals surface area (Å²) in [5.74, 6) is 2.20. The van der Waals surface area contributed by atoms with Gasteiger partial charge >= 0.3 is 0 Å². The fourth-order valence-corrected chi connectivity index (χ4v) is 3.93. The third-order valence-electron chi connectivity index (χ3n) is 4.25. The first-order valence-corrected chi connectivity index (χ1v) is 8.82. The summed E-state index contributed by atoms with van der Waals surface area (Å²) in [6, 6.07) is 8.92. The zero-order valence-electron chi connectivity index (χ0n) is 13.1. The second kappa shape index (κ2) is 6.44. The van der Waals surface area contributed by atoms with E-state index in [-0.39, 0.29) is 6.04 Å². The van der Waals surface area contributed by atoms with Gasteiger partial charge in [0.05, 0.1) is 6.20 Å². The van der Waals surface area contributed by atoms with Gasteiger partial charge in [0.2, 0.25) is 0 Å². The van der Waals surface area contributed by atoms with Crippen molar-refractivity contribution < 1.29 is 5.11 Å². The minimum atomic E-state index is -0.916. The second-order valence-electron chi connectivity index (χ2n) is 6.13. The Balaban J connectivity index is 1.73. The number of rotatable bonds is 4. The molecule has 2 unspecified atom stereocenters. The first-order valence-electron chi connectivity index (χ1n) is 7.67. The van der Waals surface area contributed by atoms with Crippen molar-refractivity contribution >= 4 is 11.8 Å². The van der Waals surface area contributed by atoms with Crippen LogP contribution < -0.4 is 5.32 Å². The summed E-state index contributed by atoms with van der Waals surface area (Å²) in [4.78, 5) is 0. The van der Waals surface area contributed by atoms with Crippen LogP contribution in [0.2, 0.25) is 0 Å². The molecule has 2 N–H and O–H groups in total. The van der Waals surface area contributed by atoms with Crippen LogP contribution in [0.15, 0.2) is 36.7 Å². The molecule has 1 aromatic heterocycles. The molecule has 1 aliphatic heterocycles. The molecule has 0 radical (unpaired) electrons. The number of hydrogen-bond acceptors (Lipinski definition) is 4. The van der Waals surface area contributed by atoms with Crippen molar-refractivity contribution in [2.75, 3.05) is 18.1 Å². The van der Waals surface area contributed by atoms with Gasteiger partial charge in [0.1, 0.15) is 5.60 Å². The Labute approximate surface area is 135 Å². The van der Waals surface area contributed by atoms with Gasteiger partial charge in [-0.3, -0.25) is 4.68 Å². The maximum Gasteiger partial charge on any atom is 0.102 e. The molecule has 118 valence electrons. The van der Waals surface area contributed by atoms with Crippen LogP contribution in [0.4, 0.5) is 0 Å². The van der Waals surface area contributed by atoms with Crippen molar-refractivity contribution in [3.05, 3.63) is 53.3 Å². The number of nitrogens with zero attached hydrogens (tertiary/aromatic N) is 2. The molecular formula is C17H23N3OS. The van der Waals surface area contributed by atoms with Crippen molar-refractivity contribution in [2.45, 2.75) is 25.0 Å². The maximum atomic E-state index is 10.7. The first-order chi connectivity index (χ1) is 10.6. The predicted octanol–water partition coefficient (Wildman–Crippen LogP) is 2.25. The molecule has 0 saturated carbocycles. The Morgan fingerprint density at radius 2 is 2.27 bits per heavy atom. The highest BCUT2D eigenvalue weighted by molar-refractivity contribution is 7.99. The van der Waals surface area contributed by atoms with E-state index in [4.69, 9.17) is 0 Å². The summed E-state index contributed by atoms with van der Waals surface area (Å²) >= 11 is 1.97. The third kappa shape index (κ3) is 3.37. The van der Waals surface area contributed by atoms with Crippen LogP contribution in [0.3, 0.4) is 0 Å². The van der Waals surface area contributed by atoms with E-state index < -0.39 is 5.60 Å². The van der Waals surface area contributed by atoms with Crippen LogP contribution in [-0.4, -0.2) is 32.9 Å². The normalized spacial score (nSPS) is 21.0. The lowest BCUT2D eigenvalue weighted by Gasteiger charge is -2.27. The molecule has 2 aromatic rings. The van der Waals surface area contributed by atoms with E-state index in [0.717, 1.165) is 23.5 Å². The number of nitrogens with one attached hydrogen (secondary N) is 1. The summed E-state index contributed by atoms with van der Waals surface area (Å²) in [6.45, 7) is 2.35. The monoisotopic (exact) mass is 317 g/mol. The highest BCUT2D eigenvalue weighted by Gasteiger charge is 2.27. The Kier molecular flexibility index (Phi) is 4.57. The van der Waals surface area contributed by atoms with Crippen LogP contribution in [0.25, 0.3) is 0 Å². The molecule has 2 atom stereocenters. The van der Waals surface area contributed by atoms with E-state index in [9.17, 15) is 5.11 Å². The second-order valence-corrected chi connectivity index (χ2v) is 7.28. The van der Waals surface area contributed by atoms with Crippen LogP contribution in [0, 0.1) is 0 Å². The number of benzene rings is 1. The van der Waals surface area contributed by atoms with Crippen molar-refractivity contribution in [1.82, 2.24) is 15.1 Å². The molecule has 3 rings (SSSR count). The molecule has 0 aliphatic carbocycles. The number of thioether (sulfide) groups is 1. The molecule has 0 fully saturated rings. The minimum absolute atomic E-state index is 0.284. The lowest BCUT2D eigenvalue weighted by atomic mass is 9.96. The molecule has 5 heteroatoms. The topological polar surface area (TPSA) is 50.1 Å². The van der Waals surface area contributed by atoms with Crippen molar-refractivity contribution in [2.24, 2.45) is 7.05 Å². The van der Waals surface area contributed by atoms with Crippen LogP contribution >= 0.6 is 11.8 Å². The number of fused-ring (bicyclic) bond motifs is 1. The van der Waals surface area contributed by atoms with Crippen molar-refractivity contribution in [3.63, 3.8) is 0 Å². The standard InChI is InChI=1S/C17H23N3OS/c1-17(21,14-9-19-20(2)10-14)12-18-16-11-22-8-7-13-5-3-4-6-15(13)16/h3-6,9-10,16,18,21H,7-8,11-12H2,1-2H3. The quantitative estimate of drug-likeness (QED) is 0.908. The molecule has 0 bridgehead atoms. The van der Waals surface area contributed by atoms with Gasteiger partial charge in [-0.25, -0.2) is 0 Å². The zero-order valence-corrected chi connectivity index (χ0v) is 13.9. The summed E-state index contributed by atoms with van der Waals surface area (Å²) in [5, 5.41) is 18.4. The molecule has 0 amide bonds. The number of aromatic nitrogens is 2. The molecule has 0 spiro atoms. The van der Waals surface area contributed by atoms with Gasteiger partial charge in [-0.15, -0.1) is 0 Å². The lowest BCUT2D eigenvalue weighted by Crippen LogP contribution is -2.38. The number of aryl methyl sites for hydroxylation is 2. The summed E-state index contributed by atoms with van der Waals surface area (Å²) < 4.78 is 1.72. The van der Waals surface area contributed by atoms with Crippen molar-refractivity contribution in [3.8, 4) is 0 Å². The average molecular weight is 317 g/mol. The molecular weight excluding hydrogens is 294 g/mol. The zero-order chi connectivity index (χ0) is 15.6. The van der Waals surface area contributed by atoms with E-state index in [1.54, 1.807) is 10.9 Å². The number of aliphatic hydroxyl groups is 1. The smallest absolute Gasteiger partial charge is 0.102 e. The van der Waals surface area contributed by atoms with Crippen molar-refractivity contribution in [1.29, 1.82) is 0 Å². The summed E-state index contributed by atoms with van der Waals surface area (Å²) in [7, 11) is 1.87. The fraction of sp³-hybridized carbons (Fsp3) is 0.471. The predicted molar refractivity (Wildman–Crippen MR) is 91.0 cm³/mol. The molecule has 2 heterocycles. The fourth-order valence-electron chi connectivity index (χ4n) is 2.87. The van der Waals surface area contributed by atoms with Gasteiger partial charge in [-0.05, 0) is 30.2 Å². The highest BCUT2D eigenvalue weighted by atomic mass is 32.2. The van der Waals surface area contributed by atoms with Gasteiger partial charge < -0.3 is 10.4 Å². The SMILES string of the molecule is Cn1cc(C(C)(O)CNC2CSCCc3ccccc32)cn1. The largest absolute Gasteiger partial charge is 0.384 e. The van der Waals surface area contributed by atoms with Gasteiger partial charge in [-0.1, -0.05) is 24.3 Å². The first kappa shape index (κ1) is 15.6. The highest BCUT2D eigenvalue weighted by Crippen LogP contribution is 2.28. The molecule has 0 saturated heterocycles. The average Bonchev–Trinajstić information content (AvgIpc) is 2.84. The van der Waals surface area contributed by atoms with Crippen LogP contribution in [-0.2, 0) is 19.1 Å². The molecule has 1 aliphatic rings. The Bertz CT molecular complexity index is 638. The Morgan fingerprint density at radius 1 is 1.45 bits per heavy atom. The van der Waals surface area contributed by atoms with Gasteiger partial charge in [0.15, 0.2) is 0 Å². The Hall–Kier alpha value is -1.30. The van der Waals surface area contributed by atoms with E-state index in [1.807, 2.05) is 31.9 Å². The van der Waals surface area contributed by atoms with Gasteiger partial charge in [0.25, 0.3) is 0 Å². The van der Waals surface area contributed by atoms with Gasteiger partial charge in [0, 0.05) is 37.1 Å². The van der Waals surface area contributed by atoms with Gasteiger partial charge in [-0.2, -0.15) is 16.9 Å². The van der Waals surface area contributed by atoms with Crippen LogP contribution in [0.5, 0.6) is 0 Å². The maximum absolute atomic E-state index is 10.7. The van der Waals surface area contributed by atoms with Crippen LogP contribution in [0.1, 0.15) is 29.7 Å². The summed E-state index contributed by atoms with van der Waals surface area (Å²) in [6.07, 6.45) is 4.73. The third-order valence-corrected chi connectivity index (χ3v) is 5.31. The van der Waals surface area contributed by atoms with E-state index in [2.05, 4.69) is 34.7 Å². The van der Waals surface area contributed by atoms with E-state index in [1.165, 1.54) is 11.1 Å². The molecule has 1 aromatic carbocycles. The molecule has 4 nitrogen and oxygen atoms in total. The van der Waals surface area contributed by atoms with E-state index >= 15 is 0 Å². The lowest BCUT2D eigenvalue weighted by molar-refractivity contribution is 0.0544.